The van der Waals surface area contributed by atoms with Crippen LogP contribution in [-0.4, -0.2) is 18.6 Å². The summed E-state index contributed by atoms with van der Waals surface area (Å²) < 4.78 is 4.93. The van der Waals surface area contributed by atoms with Gasteiger partial charge in [-0.25, -0.2) is 0 Å². The van der Waals surface area contributed by atoms with Crippen molar-refractivity contribution in [1.29, 1.82) is 0 Å². The van der Waals surface area contributed by atoms with Gasteiger partial charge in [-0.15, -0.1) is 0 Å². The van der Waals surface area contributed by atoms with E-state index >= 15 is 0 Å². The standard InChI is InChI=1S/C8H16N2O2/c1-3-12-7(11)8(2)4-6(5-8)10-9/h6,10H,3-5,9H2,1-2H3. The molecule has 3 N–H and O–H groups in total. The number of ether oxygens (including phenoxy) is 1. The monoisotopic (exact) mass is 172 g/mol. The van der Waals surface area contributed by atoms with Gasteiger partial charge >= 0.3 is 5.97 Å². The van der Waals surface area contributed by atoms with Crippen molar-refractivity contribution in [3.05, 3.63) is 0 Å². The first-order valence-corrected chi connectivity index (χ1v) is 4.25. The summed E-state index contributed by atoms with van der Waals surface area (Å²) in [6.45, 7) is 4.19. The van der Waals surface area contributed by atoms with Gasteiger partial charge in [-0.05, 0) is 26.7 Å². The maximum absolute atomic E-state index is 11.3. The van der Waals surface area contributed by atoms with Gasteiger partial charge in [-0.3, -0.25) is 16.1 Å². The van der Waals surface area contributed by atoms with Gasteiger partial charge in [0.15, 0.2) is 0 Å². The van der Waals surface area contributed by atoms with Crippen LogP contribution in [0.1, 0.15) is 26.7 Å². The van der Waals surface area contributed by atoms with Crippen LogP contribution in [0.5, 0.6) is 0 Å². The molecule has 0 heterocycles. The predicted molar refractivity (Wildman–Crippen MR) is 45.1 cm³/mol. The van der Waals surface area contributed by atoms with E-state index in [1.54, 1.807) is 0 Å². The van der Waals surface area contributed by atoms with Crippen molar-refractivity contribution in [2.75, 3.05) is 6.61 Å². The van der Waals surface area contributed by atoms with Crippen molar-refractivity contribution in [3.63, 3.8) is 0 Å². The molecule has 0 aromatic rings. The Kier molecular flexibility index (Phi) is 2.69. The SMILES string of the molecule is CCOC(=O)C1(C)CC(NN)C1. The highest BCUT2D eigenvalue weighted by molar-refractivity contribution is 5.77. The zero-order valence-electron chi connectivity index (χ0n) is 7.59. The molecule has 70 valence electrons. The Morgan fingerprint density at radius 1 is 1.75 bits per heavy atom. The third-order valence-corrected chi connectivity index (χ3v) is 2.40. The molecule has 4 nitrogen and oxygen atoms in total. The third-order valence-electron chi connectivity index (χ3n) is 2.40. The van der Waals surface area contributed by atoms with E-state index in [0.29, 0.717) is 6.61 Å². The van der Waals surface area contributed by atoms with E-state index in [4.69, 9.17) is 10.6 Å². The zero-order valence-corrected chi connectivity index (χ0v) is 7.59. The quantitative estimate of drug-likeness (QED) is 0.362. The molecule has 0 amide bonds. The van der Waals surface area contributed by atoms with Crippen molar-refractivity contribution in [3.8, 4) is 0 Å². The molecule has 0 saturated heterocycles. The summed E-state index contributed by atoms with van der Waals surface area (Å²) in [7, 11) is 0. The van der Waals surface area contributed by atoms with Crippen LogP contribution in [0.4, 0.5) is 0 Å². The van der Waals surface area contributed by atoms with Gasteiger partial charge < -0.3 is 4.74 Å². The van der Waals surface area contributed by atoms with E-state index < -0.39 is 0 Å². The average Bonchev–Trinajstić information content (AvgIpc) is 1.99. The third kappa shape index (κ3) is 1.59. The number of carbonyl (C=O) groups is 1. The lowest BCUT2D eigenvalue weighted by Gasteiger charge is -2.42. The highest BCUT2D eigenvalue weighted by Crippen LogP contribution is 2.41. The summed E-state index contributed by atoms with van der Waals surface area (Å²) in [4.78, 5) is 11.3. The molecular weight excluding hydrogens is 156 g/mol. The molecule has 0 aromatic carbocycles. The zero-order chi connectivity index (χ0) is 9.19. The van der Waals surface area contributed by atoms with Crippen molar-refractivity contribution < 1.29 is 9.53 Å². The van der Waals surface area contributed by atoms with Crippen LogP contribution >= 0.6 is 0 Å². The molecule has 0 bridgehead atoms. The number of rotatable bonds is 3. The molecular formula is C8H16N2O2. The lowest BCUT2D eigenvalue weighted by molar-refractivity contribution is -0.161. The molecule has 0 unspecified atom stereocenters. The summed E-state index contributed by atoms with van der Waals surface area (Å²) in [6.07, 6.45) is 1.56. The molecule has 0 radical (unpaired) electrons. The van der Waals surface area contributed by atoms with Gasteiger partial charge in [0, 0.05) is 6.04 Å². The fourth-order valence-electron chi connectivity index (χ4n) is 1.62. The molecule has 0 aromatic heterocycles. The smallest absolute Gasteiger partial charge is 0.311 e. The lowest BCUT2D eigenvalue weighted by Crippen LogP contribution is -2.53. The Balaban J connectivity index is 2.38. The molecule has 12 heavy (non-hydrogen) atoms. The van der Waals surface area contributed by atoms with Crippen LogP contribution in [0.3, 0.4) is 0 Å². The summed E-state index contributed by atoms with van der Waals surface area (Å²) in [5, 5.41) is 0. The fraction of sp³-hybridized carbons (Fsp3) is 0.875. The Morgan fingerprint density at radius 2 is 2.33 bits per heavy atom. The maximum atomic E-state index is 11.3. The molecule has 1 saturated carbocycles. The Hall–Kier alpha value is -0.610. The van der Waals surface area contributed by atoms with Gasteiger partial charge in [-0.1, -0.05) is 0 Å². The van der Waals surface area contributed by atoms with Gasteiger partial charge in [0.2, 0.25) is 0 Å². The van der Waals surface area contributed by atoms with Crippen LogP contribution in [0.15, 0.2) is 0 Å². The van der Waals surface area contributed by atoms with Crippen molar-refractivity contribution in [1.82, 2.24) is 5.43 Å². The van der Waals surface area contributed by atoms with Crippen LogP contribution < -0.4 is 11.3 Å². The second-order valence-electron chi connectivity index (χ2n) is 3.55. The molecule has 0 spiro atoms. The van der Waals surface area contributed by atoms with Crippen LogP contribution in [0.25, 0.3) is 0 Å². The van der Waals surface area contributed by atoms with Crippen LogP contribution in [0, 0.1) is 5.41 Å². The van der Waals surface area contributed by atoms with E-state index in [1.165, 1.54) is 0 Å². The number of hydrogen-bond donors (Lipinski definition) is 2. The number of hydrogen-bond acceptors (Lipinski definition) is 4. The molecule has 1 rings (SSSR count). The summed E-state index contributed by atoms with van der Waals surface area (Å²) in [5.41, 5.74) is 2.35. The van der Waals surface area contributed by atoms with E-state index in [9.17, 15) is 4.79 Å². The Bertz CT molecular complexity index is 176. The molecule has 1 fully saturated rings. The first-order chi connectivity index (χ1) is 5.62. The number of esters is 1. The lowest BCUT2D eigenvalue weighted by atomic mass is 9.67. The second-order valence-corrected chi connectivity index (χ2v) is 3.55. The minimum atomic E-state index is -0.299. The number of nitrogens with two attached hydrogens (primary N) is 1. The first-order valence-electron chi connectivity index (χ1n) is 4.25. The largest absolute Gasteiger partial charge is 0.466 e. The number of nitrogens with one attached hydrogen (secondary N) is 1. The normalized spacial score (nSPS) is 34.1. The highest BCUT2D eigenvalue weighted by atomic mass is 16.5. The number of hydrazine groups is 1. The van der Waals surface area contributed by atoms with Crippen molar-refractivity contribution >= 4 is 5.97 Å². The minimum Gasteiger partial charge on any atom is -0.466 e. The summed E-state index contributed by atoms with van der Waals surface area (Å²) in [6, 6.07) is 0.277. The average molecular weight is 172 g/mol. The van der Waals surface area contributed by atoms with E-state index in [-0.39, 0.29) is 17.4 Å². The second kappa shape index (κ2) is 3.41. The van der Waals surface area contributed by atoms with Gasteiger partial charge in [0.05, 0.1) is 12.0 Å². The fourth-order valence-corrected chi connectivity index (χ4v) is 1.62. The van der Waals surface area contributed by atoms with E-state index in [2.05, 4.69) is 5.43 Å². The molecule has 4 heteroatoms. The first kappa shape index (κ1) is 9.48. The minimum absolute atomic E-state index is 0.100. The van der Waals surface area contributed by atoms with Crippen molar-refractivity contribution in [2.45, 2.75) is 32.7 Å². The Labute approximate surface area is 72.4 Å². The summed E-state index contributed by atoms with van der Waals surface area (Å²) in [5.74, 6) is 5.13. The predicted octanol–water partition coefficient (Wildman–Crippen LogP) is 0.181. The molecule has 1 aliphatic rings. The molecule has 0 atom stereocenters. The van der Waals surface area contributed by atoms with Gasteiger partial charge in [-0.2, -0.15) is 0 Å². The van der Waals surface area contributed by atoms with Gasteiger partial charge in [0.1, 0.15) is 0 Å². The number of carbonyl (C=O) groups excluding carboxylic acids is 1. The molecule has 0 aliphatic heterocycles. The van der Waals surface area contributed by atoms with Gasteiger partial charge in [0.25, 0.3) is 0 Å². The van der Waals surface area contributed by atoms with E-state index in [0.717, 1.165) is 12.8 Å². The van der Waals surface area contributed by atoms with Crippen molar-refractivity contribution in [2.24, 2.45) is 11.3 Å². The topological polar surface area (TPSA) is 64.3 Å². The molecule has 1 aliphatic carbocycles. The van der Waals surface area contributed by atoms with Crippen LogP contribution in [-0.2, 0) is 9.53 Å². The summed E-state index contributed by atoms with van der Waals surface area (Å²) >= 11 is 0. The highest BCUT2D eigenvalue weighted by Gasteiger charge is 2.46. The van der Waals surface area contributed by atoms with Crippen LogP contribution in [0.2, 0.25) is 0 Å². The Morgan fingerprint density at radius 3 is 2.75 bits per heavy atom. The maximum Gasteiger partial charge on any atom is 0.311 e. The van der Waals surface area contributed by atoms with E-state index in [1.807, 2.05) is 13.8 Å².